The second kappa shape index (κ2) is 12.8. The van der Waals surface area contributed by atoms with E-state index < -0.39 is 0 Å². The van der Waals surface area contributed by atoms with Gasteiger partial charge in [0.05, 0.1) is 11.4 Å². The van der Waals surface area contributed by atoms with Gasteiger partial charge in [0.2, 0.25) is 0 Å². The molecule has 2 heterocycles. The molecule has 0 saturated carbocycles. The molecule has 2 aromatic heterocycles. The Morgan fingerprint density at radius 1 is 0.367 bits per heavy atom. The van der Waals surface area contributed by atoms with E-state index in [1.54, 1.807) is 0 Å². The normalized spacial score (nSPS) is 15.8. The summed E-state index contributed by atoms with van der Waals surface area (Å²) in [5.41, 5.74) is 20.1. The number of benzene rings is 8. The third-order valence-corrected chi connectivity index (χ3v) is 13.4. The van der Waals surface area contributed by atoms with Crippen LogP contribution in [0.15, 0.2) is 192 Å². The summed E-state index contributed by atoms with van der Waals surface area (Å²) in [4.78, 5) is 10.8. The molecule has 3 heteroatoms. The Hall–Kier alpha value is -7.36. The molecule has 0 spiro atoms. The summed E-state index contributed by atoms with van der Waals surface area (Å²) in [5.74, 6) is 0.711. The average Bonchev–Trinajstić information content (AvgIpc) is 3.89. The predicted molar refractivity (Wildman–Crippen MR) is 246 cm³/mol. The molecule has 0 fully saturated rings. The summed E-state index contributed by atoms with van der Waals surface area (Å²) in [6, 6.07) is 67.9. The fourth-order valence-corrected chi connectivity index (χ4v) is 10.2. The standard InChI is InChI=1S/C57H40N2O/c1-56(2)47-21-10-7-18-41(47)43-28-25-39(33-49(43)56)55-58-51(37-15-13-14-35(30-37)36-26-29-54-46(31-36)45-20-9-12-23-53(45)60-54)34-52(59-55)38-24-27-44-42-19-8-11-22-48(42)57(3,50(44)32-38)40-16-5-4-6-17-40/h4-34H,1-3H3. The number of hydrogen-bond acceptors (Lipinski definition) is 3. The molecule has 0 amide bonds. The summed E-state index contributed by atoms with van der Waals surface area (Å²) in [5, 5.41) is 2.24. The largest absolute Gasteiger partial charge is 0.456 e. The summed E-state index contributed by atoms with van der Waals surface area (Å²) < 4.78 is 6.17. The zero-order valence-corrected chi connectivity index (χ0v) is 33.7. The van der Waals surface area contributed by atoms with E-state index in [1.807, 2.05) is 12.1 Å². The highest BCUT2D eigenvalue weighted by atomic mass is 16.3. The molecule has 0 saturated heterocycles. The van der Waals surface area contributed by atoms with Crippen molar-refractivity contribution >= 4 is 21.9 Å². The molecule has 3 nitrogen and oxygen atoms in total. The summed E-state index contributed by atoms with van der Waals surface area (Å²) in [7, 11) is 0. The van der Waals surface area contributed by atoms with E-state index in [-0.39, 0.29) is 10.8 Å². The zero-order valence-electron chi connectivity index (χ0n) is 33.7. The summed E-state index contributed by atoms with van der Waals surface area (Å²) >= 11 is 0. The fourth-order valence-electron chi connectivity index (χ4n) is 10.2. The van der Waals surface area contributed by atoms with E-state index in [0.29, 0.717) is 5.82 Å². The second-order valence-electron chi connectivity index (χ2n) is 17.1. The Morgan fingerprint density at radius 2 is 0.933 bits per heavy atom. The van der Waals surface area contributed by atoms with Crippen LogP contribution in [-0.2, 0) is 10.8 Å². The van der Waals surface area contributed by atoms with Crippen molar-refractivity contribution in [2.45, 2.75) is 31.6 Å². The lowest BCUT2D eigenvalue weighted by Crippen LogP contribution is -2.22. The van der Waals surface area contributed by atoms with Gasteiger partial charge in [0.15, 0.2) is 5.82 Å². The molecule has 60 heavy (non-hydrogen) atoms. The van der Waals surface area contributed by atoms with E-state index in [2.05, 4.69) is 197 Å². The Balaban J connectivity index is 1.03. The molecular formula is C57H40N2O. The first kappa shape index (κ1) is 34.7. The van der Waals surface area contributed by atoms with Crippen molar-refractivity contribution < 1.29 is 4.42 Å². The molecule has 0 radical (unpaired) electrons. The molecule has 1 unspecified atom stereocenters. The molecule has 0 aliphatic heterocycles. The quantitative estimate of drug-likeness (QED) is 0.175. The van der Waals surface area contributed by atoms with Crippen LogP contribution in [0.4, 0.5) is 0 Å². The number of rotatable bonds is 5. The molecular weight excluding hydrogens is 729 g/mol. The van der Waals surface area contributed by atoms with Crippen LogP contribution in [0.5, 0.6) is 0 Å². The minimum atomic E-state index is -0.321. The molecule has 2 aliphatic rings. The molecule has 284 valence electrons. The molecule has 12 rings (SSSR count). The topological polar surface area (TPSA) is 38.9 Å². The predicted octanol–water partition coefficient (Wildman–Crippen LogP) is 14.7. The first-order valence-corrected chi connectivity index (χ1v) is 20.8. The van der Waals surface area contributed by atoms with Gasteiger partial charge >= 0.3 is 0 Å². The zero-order chi connectivity index (χ0) is 40.2. The van der Waals surface area contributed by atoms with Crippen LogP contribution in [0.1, 0.15) is 48.6 Å². The van der Waals surface area contributed by atoms with E-state index >= 15 is 0 Å². The molecule has 2 aliphatic carbocycles. The Bertz CT molecular complexity index is 3370. The number of fused-ring (bicyclic) bond motifs is 9. The maximum atomic E-state index is 6.17. The minimum Gasteiger partial charge on any atom is -0.456 e. The first-order valence-electron chi connectivity index (χ1n) is 20.8. The molecule has 0 bridgehead atoms. The lowest BCUT2D eigenvalue weighted by molar-refractivity contribution is 0.660. The van der Waals surface area contributed by atoms with Crippen molar-refractivity contribution in [3.63, 3.8) is 0 Å². The molecule has 10 aromatic rings. The van der Waals surface area contributed by atoms with Gasteiger partial charge in [-0.05, 0) is 111 Å². The van der Waals surface area contributed by atoms with Gasteiger partial charge in [0.25, 0.3) is 0 Å². The average molecular weight is 769 g/mol. The summed E-state index contributed by atoms with van der Waals surface area (Å²) in [6.45, 7) is 7.02. The second-order valence-corrected chi connectivity index (χ2v) is 17.1. The van der Waals surface area contributed by atoms with Crippen molar-refractivity contribution in [1.29, 1.82) is 0 Å². The van der Waals surface area contributed by atoms with Crippen LogP contribution in [0.2, 0.25) is 0 Å². The number of aromatic nitrogens is 2. The Kier molecular flexibility index (Phi) is 7.40. The van der Waals surface area contributed by atoms with Gasteiger partial charge in [-0.25, -0.2) is 9.97 Å². The van der Waals surface area contributed by atoms with E-state index in [4.69, 9.17) is 14.4 Å². The Labute approximate surface area is 349 Å². The van der Waals surface area contributed by atoms with Gasteiger partial charge in [0, 0.05) is 38.3 Å². The molecule has 8 aromatic carbocycles. The lowest BCUT2D eigenvalue weighted by atomic mass is 9.74. The van der Waals surface area contributed by atoms with Crippen molar-refractivity contribution in [3.8, 4) is 67.3 Å². The SMILES string of the molecule is CC1(C)c2ccccc2-c2ccc(-c3nc(-c4cccc(-c5ccc6oc7ccccc7c6c5)c4)cc(-c4ccc5c(c4)C(C)(c4ccccc4)c4ccccc4-5)n3)cc21. The van der Waals surface area contributed by atoms with Crippen molar-refractivity contribution in [1.82, 2.24) is 9.97 Å². The van der Waals surface area contributed by atoms with Crippen LogP contribution >= 0.6 is 0 Å². The highest BCUT2D eigenvalue weighted by Crippen LogP contribution is 2.53. The van der Waals surface area contributed by atoms with Crippen LogP contribution in [0, 0.1) is 0 Å². The van der Waals surface area contributed by atoms with E-state index in [9.17, 15) is 0 Å². The van der Waals surface area contributed by atoms with Gasteiger partial charge in [-0.2, -0.15) is 0 Å². The van der Waals surface area contributed by atoms with Gasteiger partial charge < -0.3 is 4.42 Å². The number of furan rings is 1. The van der Waals surface area contributed by atoms with Gasteiger partial charge in [-0.15, -0.1) is 0 Å². The van der Waals surface area contributed by atoms with Crippen LogP contribution < -0.4 is 0 Å². The fraction of sp³-hybridized carbons (Fsp3) is 0.0877. The molecule has 0 N–H and O–H groups in total. The van der Waals surface area contributed by atoms with E-state index in [0.717, 1.165) is 61.1 Å². The lowest BCUT2D eigenvalue weighted by Gasteiger charge is -2.28. The first-order chi connectivity index (χ1) is 29.3. The van der Waals surface area contributed by atoms with Gasteiger partial charge in [-0.3, -0.25) is 0 Å². The highest BCUT2D eigenvalue weighted by molar-refractivity contribution is 6.06. The van der Waals surface area contributed by atoms with Crippen LogP contribution in [0.3, 0.4) is 0 Å². The Morgan fingerprint density at radius 3 is 1.75 bits per heavy atom. The maximum Gasteiger partial charge on any atom is 0.160 e. The van der Waals surface area contributed by atoms with Crippen molar-refractivity contribution in [2.24, 2.45) is 0 Å². The monoisotopic (exact) mass is 768 g/mol. The maximum absolute atomic E-state index is 6.17. The van der Waals surface area contributed by atoms with Crippen molar-refractivity contribution in [2.75, 3.05) is 0 Å². The smallest absolute Gasteiger partial charge is 0.160 e. The highest BCUT2D eigenvalue weighted by Gasteiger charge is 2.41. The van der Waals surface area contributed by atoms with E-state index in [1.165, 1.54) is 50.1 Å². The van der Waals surface area contributed by atoms with Gasteiger partial charge in [-0.1, -0.05) is 159 Å². The minimum absolute atomic E-state index is 0.144. The number of hydrogen-bond donors (Lipinski definition) is 0. The van der Waals surface area contributed by atoms with Crippen LogP contribution in [0.25, 0.3) is 89.2 Å². The summed E-state index contributed by atoms with van der Waals surface area (Å²) in [6.07, 6.45) is 0. The third kappa shape index (κ3) is 5.09. The molecule has 1 atom stereocenters. The van der Waals surface area contributed by atoms with Crippen LogP contribution in [-0.4, -0.2) is 9.97 Å². The van der Waals surface area contributed by atoms with Crippen molar-refractivity contribution in [3.05, 3.63) is 216 Å². The number of para-hydroxylation sites is 1. The third-order valence-electron chi connectivity index (χ3n) is 13.4. The van der Waals surface area contributed by atoms with Gasteiger partial charge in [0.1, 0.15) is 11.2 Å². The number of nitrogens with zero attached hydrogens (tertiary/aromatic N) is 2.